The molecule has 0 aliphatic rings. The van der Waals surface area contributed by atoms with Crippen molar-refractivity contribution in [1.29, 1.82) is 0 Å². The first-order valence-corrected chi connectivity index (χ1v) is 4.35. The Morgan fingerprint density at radius 2 is 2.00 bits per heavy atom. The highest BCUT2D eigenvalue weighted by atomic mass is 15.1. The van der Waals surface area contributed by atoms with Crippen molar-refractivity contribution in [3.8, 4) is 0 Å². The Kier molecular flexibility index (Phi) is 5.59. The Balaban J connectivity index is 4.07. The van der Waals surface area contributed by atoms with Gasteiger partial charge in [0.1, 0.15) is 5.82 Å². The summed E-state index contributed by atoms with van der Waals surface area (Å²) in [6, 6.07) is 0. The fourth-order valence-corrected chi connectivity index (χ4v) is 0.701. The molecular formula is C9H18N4. The minimum Gasteiger partial charge on any atom is -0.370 e. The van der Waals surface area contributed by atoms with Crippen molar-refractivity contribution in [2.75, 3.05) is 6.54 Å². The van der Waals surface area contributed by atoms with Crippen molar-refractivity contribution in [1.82, 2.24) is 5.32 Å². The molecule has 0 aliphatic heterocycles. The van der Waals surface area contributed by atoms with Crippen LogP contribution in [0.25, 0.3) is 0 Å². The van der Waals surface area contributed by atoms with Gasteiger partial charge >= 0.3 is 0 Å². The SMILES string of the molecule is C=C(N=C(N)N=C(C)C)NCCC. The average Bonchev–Trinajstić information content (AvgIpc) is 1.98. The van der Waals surface area contributed by atoms with Gasteiger partial charge in [-0.25, -0.2) is 4.99 Å². The average molecular weight is 182 g/mol. The van der Waals surface area contributed by atoms with Gasteiger partial charge in [0, 0.05) is 12.3 Å². The smallest absolute Gasteiger partial charge is 0.221 e. The second kappa shape index (κ2) is 6.22. The third-order valence-corrected chi connectivity index (χ3v) is 1.17. The lowest BCUT2D eigenvalue weighted by molar-refractivity contribution is 0.764. The van der Waals surface area contributed by atoms with Crippen LogP contribution in [0.15, 0.2) is 22.4 Å². The van der Waals surface area contributed by atoms with Gasteiger partial charge in [-0.05, 0) is 20.3 Å². The molecule has 13 heavy (non-hydrogen) atoms. The van der Waals surface area contributed by atoms with Gasteiger partial charge in [-0.1, -0.05) is 13.5 Å². The number of nitrogens with two attached hydrogens (primary N) is 1. The van der Waals surface area contributed by atoms with E-state index in [0.717, 1.165) is 18.7 Å². The molecule has 0 aromatic carbocycles. The number of aliphatic imine (C=N–C) groups is 2. The summed E-state index contributed by atoms with van der Waals surface area (Å²) >= 11 is 0. The molecule has 0 radical (unpaired) electrons. The van der Waals surface area contributed by atoms with Crippen LogP contribution in [0.5, 0.6) is 0 Å². The first-order chi connectivity index (χ1) is 6.06. The van der Waals surface area contributed by atoms with Gasteiger partial charge in [0.05, 0.1) is 0 Å². The molecule has 0 fully saturated rings. The zero-order chi connectivity index (χ0) is 10.3. The Bertz CT molecular complexity index is 224. The van der Waals surface area contributed by atoms with E-state index in [1.807, 2.05) is 13.8 Å². The van der Waals surface area contributed by atoms with Crippen molar-refractivity contribution >= 4 is 11.7 Å². The summed E-state index contributed by atoms with van der Waals surface area (Å²) in [5, 5.41) is 3.01. The van der Waals surface area contributed by atoms with Crippen LogP contribution in [-0.2, 0) is 0 Å². The molecule has 0 saturated heterocycles. The summed E-state index contributed by atoms with van der Waals surface area (Å²) in [5.41, 5.74) is 6.39. The lowest BCUT2D eigenvalue weighted by Crippen LogP contribution is -2.16. The summed E-state index contributed by atoms with van der Waals surface area (Å²) in [4.78, 5) is 7.92. The van der Waals surface area contributed by atoms with Crippen molar-refractivity contribution in [3.63, 3.8) is 0 Å². The predicted octanol–water partition coefficient (Wildman–Crippen LogP) is 1.25. The van der Waals surface area contributed by atoms with Crippen LogP contribution in [-0.4, -0.2) is 18.2 Å². The van der Waals surface area contributed by atoms with Crippen LogP contribution < -0.4 is 11.1 Å². The number of nitrogens with zero attached hydrogens (tertiary/aromatic N) is 2. The minimum absolute atomic E-state index is 0.244. The van der Waals surface area contributed by atoms with Gasteiger partial charge in [0.25, 0.3) is 0 Å². The minimum atomic E-state index is 0.244. The third kappa shape index (κ3) is 7.05. The van der Waals surface area contributed by atoms with E-state index in [4.69, 9.17) is 5.73 Å². The Hall–Kier alpha value is -1.32. The summed E-state index contributed by atoms with van der Waals surface area (Å²) in [7, 11) is 0. The van der Waals surface area contributed by atoms with E-state index in [9.17, 15) is 0 Å². The molecule has 0 bridgehead atoms. The van der Waals surface area contributed by atoms with Gasteiger partial charge in [0.15, 0.2) is 0 Å². The van der Waals surface area contributed by atoms with Crippen molar-refractivity contribution in [2.24, 2.45) is 15.7 Å². The monoisotopic (exact) mass is 182 g/mol. The molecule has 0 atom stereocenters. The van der Waals surface area contributed by atoms with Crippen LogP contribution in [0.2, 0.25) is 0 Å². The molecule has 0 aliphatic carbocycles. The van der Waals surface area contributed by atoms with Gasteiger partial charge in [-0.3, -0.25) is 0 Å². The van der Waals surface area contributed by atoms with Crippen molar-refractivity contribution in [2.45, 2.75) is 27.2 Å². The molecule has 0 amide bonds. The number of guanidine groups is 1. The predicted molar refractivity (Wildman–Crippen MR) is 57.8 cm³/mol. The van der Waals surface area contributed by atoms with Gasteiger partial charge in [-0.15, -0.1) is 0 Å². The molecule has 4 nitrogen and oxygen atoms in total. The third-order valence-electron chi connectivity index (χ3n) is 1.17. The molecular weight excluding hydrogens is 164 g/mol. The van der Waals surface area contributed by atoms with Crippen LogP contribution in [0.4, 0.5) is 0 Å². The van der Waals surface area contributed by atoms with E-state index in [2.05, 4.69) is 28.8 Å². The van der Waals surface area contributed by atoms with E-state index in [0.29, 0.717) is 5.82 Å². The standard InChI is InChI=1S/C9H18N4/c1-5-6-11-8(4)13-9(10)12-7(2)3/h11H,4-6H2,1-3H3,(H2,10,13). The van der Waals surface area contributed by atoms with E-state index in [1.165, 1.54) is 0 Å². The summed E-state index contributed by atoms with van der Waals surface area (Å²) in [6.07, 6.45) is 1.03. The maximum absolute atomic E-state index is 5.51. The fourth-order valence-electron chi connectivity index (χ4n) is 0.701. The van der Waals surface area contributed by atoms with Crippen LogP contribution >= 0.6 is 0 Å². The highest BCUT2D eigenvalue weighted by Crippen LogP contribution is 1.88. The normalized spacial score (nSPS) is 10.8. The van der Waals surface area contributed by atoms with Crippen LogP contribution in [0.3, 0.4) is 0 Å². The Labute approximate surface area is 79.6 Å². The number of hydrogen-bond acceptors (Lipinski definition) is 2. The lowest BCUT2D eigenvalue weighted by atomic mass is 10.5. The molecule has 0 rings (SSSR count). The molecule has 0 heterocycles. The molecule has 0 saturated carbocycles. The first-order valence-electron chi connectivity index (χ1n) is 4.35. The van der Waals surface area contributed by atoms with Crippen LogP contribution in [0, 0.1) is 0 Å². The summed E-state index contributed by atoms with van der Waals surface area (Å²) < 4.78 is 0. The Morgan fingerprint density at radius 1 is 1.38 bits per heavy atom. The van der Waals surface area contributed by atoms with Gasteiger partial charge in [-0.2, -0.15) is 4.99 Å². The van der Waals surface area contributed by atoms with Gasteiger partial charge < -0.3 is 11.1 Å². The van der Waals surface area contributed by atoms with Crippen molar-refractivity contribution < 1.29 is 0 Å². The second-order valence-corrected chi connectivity index (χ2v) is 2.90. The lowest BCUT2D eigenvalue weighted by Gasteiger charge is -2.02. The largest absolute Gasteiger partial charge is 0.370 e. The zero-order valence-corrected chi connectivity index (χ0v) is 8.59. The van der Waals surface area contributed by atoms with Crippen molar-refractivity contribution in [3.05, 3.63) is 12.4 Å². The highest BCUT2D eigenvalue weighted by Gasteiger charge is 1.90. The first kappa shape index (κ1) is 11.7. The van der Waals surface area contributed by atoms with E-state index < -0.39 is 0 Å². The van der Waals surface area contributed by atoms with E-state index in [-0.39, 0.29) is 5.96 Å². The summed E-state index contributed by atoms with van der Waals surface area (Å²) in [6.45, 7) is 10.3. The topological polar surface area (TPSA) is 62.8 Å². The van der Waals surface area contributed by atoms with Crippen LogP contribution in [0.1, 0.15) is 27.2 Å². The summed E-state index contributed by atoms with van der Waals surface area (Å²) in [5.74, 6) is 0.804. The number of nitrogens with one attached hydrogen (secondary N) is 1. The zero-order valence-electron chi connectivity index (χ0n) is 8.59. The highest BCUT2D eigenvalue weighted by molar-refractivity contribution is 5.94. The molecule has 0 spiro atoms. The number of hydrogen-bond donors (Lipinski definition) is 2. The number of rotatable bonds is 4. The molecule has 0 aromatic rings. The molecule has 0 unspecified atom stereocenters. The van der Waals surface area contributed by atoms with E-state index in [1.54, 1.807) is 0 Å². The molecule has 3 N–H and O–H groups in total. The molecule has 74 valence electrons. The maximum Gasteiger partial charge on any atom is 0.221 e. The quantitative estimate of drug-likeness (QED) is 0.507. The Morgan fingerprint density at radius 3 is 2.46 bits per heavy atom. The second-order valence-electron chi connectivity index (χ2n) is 2.90. The van der Waals surface area contributed by atoms with E-state index >= 15 is 0 Å². The molecule has 0 aromatic heterocycles. The van der Waals surface area contributed by atoms with Gasteiger partial charge in [0.2, 0.25) is 5.96 Å². The maximum atomic E-state index is 5.51. The fraction of sp³-hybridized carbons (Fsp3) is 0.556. The molecule has 4 heteroatoms.